The van der Waals surface area contributed by atoms with Gasteiger partial charge in [-0.1, -0.05) is 13.8 Å². The molecule has 39 heavy (non-hydrogen) atoms. The number of carboxylic acids is 4. The maximum Gasteiger partial charge on any atom is 0.326 e. The normalized spacial score (nSPS) is 14.6. The first-order valence-electron chi connectivity index (χ1n) is 11.8. The van der Waals surface area contributed by atoms with E-state index in [1.807, 2.05) is 5.32 Å². The van der Waals surface area contributed by atoms with Crippen LogP contribution in [-0.2, 0) is 38.4 Å². The van der Waals surface area contributed by atoms with Crippen LogP contribution in [0.1, 0.15) is 52.9 Å². The Kier molecular flexibility index (Phi) is 14.7. The zero-order chi connectivity index (χ0) is 30.4. The van der Waals surface area contributed by atoms with Crippen LogP contribution in [-0.4, -0.2) is 98.1 Å². The molecule has 0 rings (SSSR count). The van der Waals surface area contributed by atoms with E-state index in [2.05, 4.69) is 16.0 Å². The van der Waals surface area contributed by atoms with Crippen molar-refractivity contribution < 1.29 is 58.8 Å². The molecule has 220 valence electrons. The molecule has 4 amide bonds. The van der Waals surface area contributed by atoms with E-state index in [4.69, 9.17) is 26.2 Å². The van der Waals surface area contributed by atoms with Crippen molar-refractivity contribution in [3.63, 3.8) is 0 Å². The quantitative estimate of drug-likeness (QED) is 0.0819. The van der Waals surface area contributed by atoms with Crippen LogP contribution in [0.15, 0.2) is 0 Å². The van der Waals surface area contributed by atoms with Gasteiger partial charge in [-0.3, -0.25) is 33.6 Å². The molecule has 0 saturated heterocycles. The van der Waals surface area contributed by atoms with Gasteiger partial charge in [0.1, 0.15) is 24.2 Å². The third-order valence-corrected chi connectivity index (χ3v) is 5.10. The van der Waals surface area contributed by atoms with Gasteiger partial charge in [-0.2, -0.15) is 0 Å². The van der Waals surface area contributed by atoms with Crippen molar-refractivity contribution >= 4 is 47.5 Å². The Morgan fingerprint density at radius 3 is 1.54 bits per heavy atom. The molecule has 0 spiro atoms. The predicted molar refractivity (Wildman–Crippen MR) is 130 cm³/mol. The molecule has 0 radical (unpaired) electrons. The van der Waals surface area contributed by atoms with Gasteiger partial charge in [-0.05, 0) is 25.7 Å². The maximum absolute atomic E-state index is 12.8. The summed E-state index contributed by atoms with van der Waals surface area (Å²) in [6.45, 7) is 4.69. The average Bonchev–Trinajstić information content (AvgIpc) is 2.78. The molecule has 0 aliphatic rings. The standard InChI is InChI=1S/C22H35N5O12/c1-9(2)6-11(23)19(35)26-13(7-16(30)31)21(37)25-12(4-5-15(28)29)20(36)24-10(3)18(34)27-14(22(38)39)8-17(32)33/h9-14H,4-8,23H2,1-3H3,(H,24,36)(H,25,37)(H,26,35)(H,27,34)(H,28,29)(H,30,31)(H,32,33)(H,38,39)/t10-,11-,12-,13-,14-/m0/s1. The van der Waals surface area contributed by atoms with E-state index in [1.165, 1.54) is 0 Å². The first-order valence-corrected chi connectivity index (χ1v) is 11.8. The van der Waals surface area contributed by atoms with Gasteiger partial charge >= 0.3 is 23.9 Å². The molecule has 0 saturated carbocycles. The van der Waals surface area contributed by atoms with Gasteiger partial charge in [0.25, 0.3) is 0 Å². The van der Waals surface area contributed by atoms with E-state index >= 15 is 0 Å². The summed E-state index contributed by atoms with van der Waals surface area (Å²) in [5.41, 5.74) is 5.76. The summed E-state index contributed by atoms with van der Waals surface area (Å²) in [5, 5.41) is 44.4. The Balaban J connectivity index is 5.61. The Morgan fingerprint density at radius 2 is 1.08 bits per heavy atom. The molecule has 10 N–H and O–H groups in total. The fraction of sp³-hybridized carbons (Fsp3) is 0.636. The number of hydrogen-bond donors (Lipinski definition) is 9. The van der Waals surface area contributed by atoms with Gasteiger partial charge in [0.15, 0.2) is 0 Å². The minimum Gasteiger partial charge on any atom is -0.481 e. The monoisotopic (exact) mass is 561 g/mol. The van der Waals surface area contributed by atoms with Crippen molar-refractivity contribution in [3.05, 3.63) is 0 Å². The molecule has 5 atom stereocenters. The molecule has 0 bridgehead atoms. The summed E-state index contributed by atoms with van der Waals surface area (Å²) in [4.78, 5) is 94.5. The number of carbonyl (C=O) groups excluding carboxylic acids is 4. The van der Waals surface area contributed by atoms with Crippen LogP contribution in [0.4, 0.5) is 0 Å². The van der Waals surface area contributed by atoms with Crippen LogP contribution in [0.2, 0.25) is 0 Å². The van der Waals surface area contributed by atoms with Crippen LogP contribution < -0.4 is 27.0 Å². The Hall–Kier alpha value is -4.28. The smallest absolute Gasteiger partial charge is 0.326 e. The minimum absolute atomic E-state index is 0.00990. The molecule has 0 aliphatic carbocycles. The topological polar surface area (TPSA) is 292 Å². The highest BCUT2D eigenvalue weighted by molar-refractivity contribution is 5.96. The molecule has 0 fully saturated rings. The number of nitrogens with two attached hydrogens (primary N) is 1. The zero-order valence-electron chi connectivity index (χ0n) is 21.6. The summed E-state index contributed by atoms with van der Waals surface area (Å²) in [5.74, 6) is -10.1. The Morgan fingerprint density at radius 1 is 0.615 bits per heavy atom. The van der Waals surface area contributed by atoms with Crippen LogP contribution in [0.3, 0.4) is 0 Å². The van der Waals surface area contributed by atoms with Crippen LogP contribution in [0, 0.1) is 5.92 Å². The summed E-state index contributed by atoms with van der Waals surface area (Å²) in [6, 6.07) is -7.62. The van der Waals surface area contributed by atoms with Gasteiger partial charge in [0.05, 0.1) is 18.9 Å². The Bertz CT molecular complexity index is 954. The van der Waals surface area contributed by atoms with Gasteiger partial charge in [0.2, 0.25) is 23.6 Å². The molecule has 0 aromatic rings. The predicted octanol–water partition coefficient (Wildman–Crippen LogP) is -2.78. The van der Waals surface area contributed by atoms with Crippen LogP contribution in [0.5, 0.6) is 0 Å². The first kappa shape index (κ1) is 34.7. The number of amides is 4. The van der Waals surface area contributed by atoms with E-state index in [-0.39, 0.29) is 12.3 Å². The highest BCUT2D eigenvalue weighted by Crippen LogP contribution is 2.06. The molecule has 17 heteroatoms. The second-order valence-electron chi connectivity index (χ2n) is 9.12. The summed E-state index contributed by atoms with van der Waals surface area (Å²) >= 11 is 0. The highest BCUT2D eigenvalue weighted by Gasteiger charge is 2.32. The number of nitrogens with one attached hydrogen (secondary N) is 4. The van der Waals surface area contributed by atoms with E-state index in [9.17, 15) is 38.4 Å². The van der Waals surface area contributed by atoms with Gasteiger partial charge in [-0.25, -0.2) is 4.79 Å². The number of hydrogen-bond acceptors (Lipinski definition) is 9. The van der Waals surface area contributed by atoms with Crippen molar-refractivity contribution in [3.8, 4) is 0 Å². The summed E-state index contributed by atoms with van der Waals surface area (Å²) < 4.78 is 0. The van der Waals surface area contributed by atoms with Gasteiger partial charge in [0, 0.05) is 6.42 Å². The fourth-order valence-corrected chi connectivity index (χ4v) is 3.14. The van der Waals surface area contributed by atoms with E-state index in [0.29, 0.717) is 0 Å². The first-order chi connectivity index (χ1) is 17.9. The Labute approximate surface area is 222 Å². The molecule has 0 heterocycles. The average molecular weight is 562 g/mol. The van der Waals surface area contributed by atoms with E-state index in [0.717, 1.165) is 6.92 Å². The van der Waals surface area contributed by atoms with Crippen molar-refractivity contribution in [1.29, 1.82) is 0 Å². The van der Waals surface area contributed by atoms with E-state index < -0.39 is 103 Å². The van der Waals surface area contributed by atoms with Gasteiger partial charge in [-0.15, -0.1) is 0 Å². The molecular weight excluding hydrogens is 526 g/mol. The zero-order valence-corrected chi connectivity index (χ0v) is 21.6. The lowest BCUT2D eigenvalue weighted by atomic mass is 10.0. The number of carbonyl (C=O) groups is 8. The molecule has 0 unspecified atom stereocenters. The molecule has 17 nitrogen and oxygen atoms in total. The van der Waals surface area contributed by atoms with Crippen LogP contribution in [0.25, 0.3) is 0 Å². The third kappa shape index (κ3) is 14.3. The number of rotatable bonds is 18. The van der Waals surface area contributed by atoms with Crippen molar-refractivity contribution in [2.75, 3.05) is 0 Å². The molecule has 0 aromatic carbocycles. The highest BCUT2D eigenvalue weighted by atomic mass is 16.4. The summed E-state index contributed by atoms with van der Waals surface area (Å²) in [7, 11) is 0. The lowest BCUT2D eigenvalue weighted by Gasteiger charge is -2.25. The molecular formula is C22H35N5O12. The second-order valence-corrected chi connectivity index (χ2v) is 9.12. The van der Waals surface area contributed by atoms with Crippen LogP contribution >= 0.6 is 0 Å². The lowest BCUT2D eigenvalue weighted by molar-refractivity contribution is -0.147. The lowest BCUT2D eigenvalue weighted by Crippen LogP contribution is -2.58. The third-order valence-electron chi connectivity index (χ3n) is 5.10. The second kappa shape index (κ2) is 16.5. The van der Waals surface area contributed by atoms with Crippen molar-refractivity contribution in [2.24, 2.45) is 11.7 Å². The van der Waals surface area contributed by atoms with Crippen molar-refractivity contribution in [2.45, 2.75) is 83.1 Å². The van der Waals surface area contributed by atoms with Gasteiger partial charge < -0.3 is 47.4 Å². The summed E-state index contributed by atoms with van der Waals surface area (Å²) in [6.07, 6.45) is -2.74. The molecule has 0 aliphatic heterocycles. The maximum atomic E-state index is 12.8. The molecule has 0 aromatic heterocycles. The number of carboxylic acid groups (broad SMARTS) is 4. The van der Waals surface area contributed by atoms with Crippen molar-refractivity contribution in [1.82, 2.24) is 21.3 Å². The fourth-order valence-electron chi connectivity index (χ4n) is 3.14. The minimum atomic E-state index is -1.81. The largest absolute Gasteiger partial charge is 0.481 e. The SMILES string of the molecule is CC(C)C[C@H](N)C(=O)N[C@@H](CC(=O)O)C(=O)N[C@@H](CCC(=O)O)C(=O)N[C@@H](C)C(=O)N[C@@H](CC(=O)O)C(=O)O. The van der Waals surface area contributed by atoms with E-state index in [1.54, 1.807) is 13.8 Å². The number of aliphatic carboxylic acids is 4.